The standard InChI is InChI=1S/C76H139NO10/c1-3-5-7-9-11-13-15-16-36-39-43-46-50-54-58-62-69(79)68(67-86-76-75(84)74(83)73(82)70(66-78)87-76)77-71(80)63-59-55-51-47-44-40-37-34-32-30-28-26-24-22-20-18-17-19-21-23-25-27-29-31-33-35-38-41-45-49-53-57-61-65-85-72(81)64-60-56-52-48-42-14-12-10-8-6-4-2/h10,12,21,23,27,29,43,46,58,62,68-70,73-76,78-79,82-84H,3-9,11,13-20,22,24-26,28,30-42,44-45,47-57,59-61,63-67H2,1-2H3,(H,77,80)/b12-10-,23-21-,29-27-,46-43+,62-58+. The number of rotatable bonds is 65. The van der Waals surface area contributed by atoms with E-state index in [1.54, 1.807) is 6.08 Å². The lowest BCUT2D eigenvalue weighted by atomic mass is 9.99. The van der Waals surface area contributed by atoms with E-state index in [1.807, 2.05) is 6.08 Å². The van der Waals surface area contributed by atoms with Gasteiger partial charge in [-0.05, 0) is 96.3 Å². The summed E-state index contributed by atoms with van der Waals surface area (Å²) in [7, 11) is 0. The van der Waals surface area contributed by atoms with Crippen molar-refractivity contribution in [3.05, 3.63) is 60.8 Å². The number of carbonyl (C=O) groups excluding carboxylic acids is 2. The molecule has 6 N–H and O–H groups in total. The van der Waals surface area contributed by atoms with Gasteiger partial charge >= 0.3 is 5.97 Å². The Bertz CT molecular complexity index is 1630. The molecule has 0 radical (unpaired) electrons. The molecule has 1 aliphatic heterocycles. The van der Waals surface area contributed by atoms with Crippen LogP contribution in [0.15, 0.2) is 60.8 Å². The second-order valence-corrected chi connectivity index (χ2v) is 25.6. The number of unbranched alkanes of at least 4 members (excludes halogenated alkanes) is 43. The van der Waals surface area contributed by atoms with Crippen molar-refractivity contribution in [1.29, 1.82) is 0 Å². The van der Waals surface area contributed by atoms with Gasteiger partial charge in [0.25, 0.3) is 0 Å². The molecule has 0 bridgehead atoms. The van der Waals surface area contributed by atoms with Crippen molar-refractivity contribution in [3.8, 4) is 0 Å². The van der Waals surface area contributed by atoms with E-state index in [-0.39, 0.29) is 18.5 Å². The third-order valence-electron chi connectivity index (χ3n) is 17.3. The lowest BCUT2D eigenvalue weighted by molar-refractivity contribution is -0.302. The lowest BCUT2D eigenvalue weighted by Gasteiger charge is -2.40. The SMILES string of the molecule is CCCC/C=C\CCCCCCCC(=O)OCCCCCCCCCCC/C=C\C/C=C\CCCCCCCCCCCCCCCCCCCC(=O)NC(COC1OC(CO)C(O)C(O)C1O)C(O)/C=C/CC/C=C/CCCCCCCCCCC. The van der Waals surface area contributed by atoms with Gasteiger partial charge in [0, 0.05) is 12.8 Å². The predicted molar refractivity (Wildman–Crippen MR) is 366 cm³/mol. The summed E-state index contributed by atoms with van der Waals surface area (Å²) in [5.74, 6) is -0.193. The van der Waals surface area contributed by atoms with Crippen LogP contribution in [0.2, 0.25) is 0 Å². The zero-order chi connectivity index (χ0) is 63.0. The molecule has 87 heavy (non-hydrogen) atoms. The molecule has 1 heterocycles. The third-order valence-corrected chi connectivity index (χ3v) is 17.3. The summed E-state index contributed by atoms with van der Waals surface area (Å²) in [5.41, 5.74) is 0. The van der Waals surface area contributed by atoms with Crippen molar-refractivity contribution in [2.45, 2.75) is 391 Å². The zero-order valence-electron chi connectivity index (χ0n) is 56.5. The van der Waals surface area contributed by atoms with Gasteiger partial charge in [0.05, 0.1) is 32.0 Å². The minimum atomic E-state index is -1.58. The quantitative estimate of drug-likeness (QED) is 0.0195. The minimum absolute atomic E-state index is 0.00458. The van der Waals surface area contributed by atoms with Crippen molar-refractivity contribution in [3.63, 3.8) is 0 Å². The summed E-state index contributed by atoms with van der Waals surface area (Å²) in [6.07, 6.45) is 76.5. The average Bonchev–Trinajstić information content (AvgIpc) is 3.42. The van der Waals surface area contributed by atoms with Crippen LogP contribution >= 0.6 is 0 Å². The zero-order valence-corrected chi connectivity index (χ0v) is 56.5. The summed E-state index contributed by atoms with van der Waals surface area (Å²) in [5, 5.41) is 54.6. The molecule has 1 amide bonds. The number of aliphatic hydroxyl groups excluding tert-OH is 5. The van der Waals surface area contributed by atoms with E-state index in [9.17, 15) is 35.1 Å². The van der Waals surface area contributed by atoms with Crippen LogP contribution in [0.1, 0.15) is 348 Å². The van der Waals surface area contributed by atoms with Gasteiger partial charge in [0.1, 0.15) is 24.4 Å². The number of nitrogens with one attached hydrogen (secondary N) is 1. The Morgan fingerprint density at radius 1 is 0.425 bits per heavy atom. The summed E-state index contributed by atoms with van der Waals surface area (Å²) < 4.78 is 16.7. The van der Waals surface area contributed by atoms with Crippen LogP contribution in [0.4, 0.5) is 0 Å². The van der Waals surface area contributed by atoms with Crippen molar-refractivity contribution in [2.24, 2.45) is 0 Å². The van der Waals surface area contributed by atoms with Crippen LogP contribution in [-0.2, 0) is 23.8 Å². The molecule has 11 heteroatoms. The van der Waals surface area contributed by atoms with Crippen molar-refractivity contribution < 1.29 is 49.3 Å². The predicted octanol–water partition coefficient (Wildman–Crippen LogP) is 19.3. The Morgan fingerprint density at radius 3 is 1.24 bits per heavy atom. The molecular formula is C76H139NO10. The van der Waals surface area contributed by atoms with Crippen LogP contribution < -0.4 is 5.32 Å². The van der Waals surface area contributed by atoms with E-state index in [4.69, 9.17) is 14.2 Å². The van der Waals surface area contributed by atoms with E-state index in [0.29, 0.717) is 19.4 Å². The van der Waals surface area contributed by atoms with E-state index < -0.39 is 49.5 Å². The molecule has 0 aliphatic carbocycles. The fraction of sp³-hybridized carbons (Fsp3) is 0.842. The maximum Gasteiger partial charge on any atom is 0.305 e. The summed E-state index contributed by atoms with van der Waals surface area (Å²) in [6.45, 7) is 4.32. The summed E-state index contributed by atoms with van der Waals surface area (Å²) in [6, 6.07) is -0.828. The van der Waals surface area contributed by atoms with Crippen LogP contribution in [0.25, 0.3) is 0 Å². The Kier molecular flexibility index (Phi) is 61.4. The highest BCUT2D eigenvalue weighted by Gasteiger charge is 2.44. The number of aliphatic hydroxyl groups is 5. The molecular weight excluding hydrogens is 1090 g/mol. The summed E-state index contributed by atoms with van der Waals surface area (Å²) >= 11 is 0. The molecule has 7 atom stereocenters. The van der Waals surface area contributed by atoms with Gasteiger partial charge in [-0.3, -0.25) is 9.59 Å². The largest absolute Gasteiger partial charge is 0.466 e. The Morgan fingerprint density at radius 2 is 0.793 bits per heavy atom. The molecule has 0 aromatic rings. The highest BCUT2D eigenvalue weighted by atomic mass is 16.7. The van der Waals surface area contributed by atoms with Crippen LogP contribution in [0.3, 0.4) is 0 Å². The van der Waals surface area contributed by atoms with Gasteiger partial charge in [-0.25, -0.2) is 0 Å². The fourth-order valence-electron chi connectivity index (χ4n) is 11.5. The molecule has 0 spiro atoms. The summed E-state index contributed by atoms with van der Waals surface area (Å²) in [4.78, 5) is 25.1. The number of allylic oxidation sites excluding steroid dienone is 9. The first-order valence-corrected chi connectivity index (χ1v) is 37.1. The average molecular weight is 1230 g/mol. The maximum absolute atomic E-state index is 13.1. The minimum Gasteiger partial charge on any atom is -0.466 e. The Labute approximate surface area is 535 Å². The second-order valence-electron chi connectivity index (χ2n) is 25.6. The van der Waals surface area contributed by atoms with E-state index >= 15 is 0 Å². The van der Waals surface area contributed by atoms with Gasteiger partial charge < -0.3 is 45.1 Å². The van der Waals surface area contributed by atoms with Crippen molar-refractivity contribution >= 4 is 11.9 Å². The highest BCUT2D eigenvalue weighted by molar-refractivity contribution is 5.76. The van der Waals surface area contributed by atoms with Gasteiger partial charge in [-0.15, -0.1) is 0 Å². The van der Waals surface area contributed by atoms with Gasteiger partial charge in [0.2, 0.25) is 5.91 Å². The smallest absolute Gasteiger partial charge is 0.305 e. The Balaban J connectivity index is 1.99. The van der Waals surface area contributed by atoms with Crippen molar-refractivity contribution in [2.75, 3.05) is 19.8 Å². The molecule has 7 unspecified atom stereocenters. The molecule has 0 aromatic carbocycles. The molecule has 1 rings (SSSR count). The van der Waals surface area contributed by atoms with Gasteiger partial charge in [-0.2, -0.15) is 0 Å². The molecule has 508 valence electrons. The number of hydrogen-bond acceptors (Lipinski definition) is 10. The van der Waals surface area contributed by atoms with Crippen LogP contribution in [-0.4, -0.2) is 100 Å². The molecule has 11 nitrogen and oxygen atoms in total. The lowest BCUT2D eigenvalue weighted by Crippen LogP contribution is -2.60. The van der Waals surface area contributed by atoms with Crippen LogP contribution in [0.5, 0.6) is 0 Å². The maximum atomic E-state index is 13.1. The van der Waals surface area contributed by atoms with Gasteiger partial charge in [0.15, 0.2) is 6.29 Å². The number of hydrogen-bond donors (Lipinski definition) is 6. The number of amides is 1. The highest BCUT2D eigenvalue weighted by Crippen LogP contribution is 2.23. The number of esters is 1. The first-order valence-electron chi connectivity index (χ1n) is 37.1. The molecule has 0 aromatic heterocycles. The number of carbonyl (C=O) groups is 2. The second kappa shape index (κ2) is 64.9. The van der Waals surface area contributed by atoms with Crippen LogP contribution in [0, 0.1) is 0 Å². The monoisotopic (exact) mass is 1230 g/mol. The topological polar surface area (TPSA) is 175 Å². The van der Waals surface area contributed by atoms with E-state index in [1.165, 1.54) is 257 Å². The first kappa shape index (κ1) is 82.4. The van der Waals surface area contributed by atoms with Gasteiger partial charge in [-0.1, -0.05) is 299 Å². The first-order chi connectivity index (χ1) is 42.7. The number of ether oxygens (including phenoxy) is 3. The normalized spacial score (nSPS) is 18.2. The third kappa shape index (κ3) is 53.7. The molecule has 0 saturated carbocycles. The molecule has 1 saturated heterocycles. The molecule has 1 aliphatic rings. The molecule has 1 fully saturated rings. The van der Waals surface area contributed by atoms with E-state index in [0.717, 1.165) is 64.2 Å². The Hall–Kier alpha value is -2.64. The van der Waals surface area contributed by atoms with Crippen molar-refractivity contribution in [1.82, 2.24) is 5.32 Å². The fourth-order valence-corrected chi connectivity index (χ4v) is 11.5. The van der Waals surface area contributed by atoms with E-state index in [2.05, 4.69) is 67.8 Å².